The maximum Gasteiger partial charge on any atom is 0.408 e. The van der Waals surface area contributed by atoms with Gasteiger partial charge in [-0.15, -0.1) is 0 Å². The van der Waals surface area contributed by atoms with Crippen LogP contribution in [0.4, 0.5) is 18.0 Å². The number of carbonyl (C=O) groups excluding carboxylic acids is 2. The highest BCUT2D eigenvalue weighted by atomic mass is 19.4. The molecule has 180 valence electrons. The van der Waals surface area contributed by atoms with Crippen LogP contribution >= 0.6 is 0 Å². The maximum absolute atomic E-state index is 13.4. The van der Waals surface area contributed by atoms with Gasteiger partial charge in [0.15, 0.2) is 0 Å². The number of alkyl carbamates (subject to hydrolysis) is 1. The molecule has 0 heterocycles. The van der Waals surface area contributed by atoms with Crippen molar-refractivity contribution in [2.75, 3.05) is 6.61 Å². The van der Waals surface area contributed by atoms with Crippen LogP contribution in [0.2, 0.25) is 0 Å². The first-order valence-electron chi connectivity index (χ1n) is 10.8. The molecule has 0 bridgehead atoms. The average molecular weight is 476 g/mol. The van der Waals surface area contributed by atoms with Gasteiger partial charge in [-0.25, -0.2) is 9.59 Å². The third-order valence-electron chi connectivity index (χ3n) is 6.23. The molecule has 7 nitrogen and oxygen atoms in total. The molecular formula is C24H23F3N2O5. The zero-order valence-electron chi connectivity index (χ0n) is 18.0. The Labute approximate surface area is 193 Å². The van der Waals surface area contributed by atoms with Crippen molar-refractivity contribution in [2.45, 2.75) is 49.4 Å². The fourth-order valence-electron chi connectivity index (χ4n) is 4.22. The lowest BCUT2D eigenvalue weighted by atomic mass is 9.98. The second-order valence-corrected chi connectivity index (χ2v) is 8.54. The lowest BCUT2D eigenvalue weighted by Gasteiger charge is -2.22. The minimum Gasteiger partial charge on any atom is -0.480 e. The Morgan fingerprint density at radius 3 is 2.09 bits per heavy atom. The Morgan fingerprint density at radius 1 is 1.03 bits per heavy atom. The van der Waals surface area contributed by atoms with Crippen molar-refractivity contribution in [3.8, 4) is 11.1 Å². The van der Waals surface area contributed by atoms with Gasteiger partial charge in [-0.3, -0.25) is 4.79 Å². The third kappa shape index (κ3) is 4.85. The number of fused-ring (bicyclic) bond motifs is 3. The van der Waals surface area contributed by atoms with Gasteiger partial charge in [-0.1, -0.05) is 48.5 Å². The Bertz CT molecular complexity index is 1070. The van der Waals surface area contributed by atoms with E-state index < -0.39 is 48.6 Å². The second-order valence-electron chi connectivity index (χ2n) is 8.54. The molecule has 0 radical (unpaired) electrons. The number of amides is 2. The first-order valence-corrected chi connectivity index (χ1v) is 10.8. The van der Waals surface area contributed by atoms with E-state index in [2.05, 4.69) is 5.32 Å². The number of halogens is 3. The first kappa shape index (κ1) is 23.6. The van der Waals surface area contributed by atoms with Crippen molar-refractivity contribution >= 4 is 18.0 Å². The number of aliphatic carboxylic acids is 1. The second kappa shape index (κ2) is 9.00. The number of carbonyl (C=O) groups is 3. The van der Waals surface area contributed by atoms with E-state index >= 15 is 0 Å². The number of ether oxygens (including phenoxy) is 1. The smallest absolute Gasteiger partial charge is 0.408 e. The summed E-state index contributed by atoms with van der Waals surface area (Å²) in [6.45, 7) is -0.147. The van der Waals surface area contributed by atoms with Crippen molar-refractivity contribution in [1.29, 1.82) is 0 Å². The predicted octanol–water partition coefficient (Wildman–Crippen LogP) is 3.97. The summed E-state index contributed by atoms with van der Waals surface area (Å²) in [6, 6.07) is 12.8. The normalized spacial score (nSPS) is 16.7. The summed E-state index contributed by atoms with van der Waals surface area (Å²) < 4.78 is 45.5. The third-order valence-corrected chi connectivity index (χ3v) is 6.23. The minimum absolute atomic E-state index is 0.147. The highest BCUT2D eigenvalue weighted by molar-refractivity contribution is 5.89. The van der Waals surface area contributed by atoms with Crippen LogP contribution in [0, 0.1) is 0 Å². The van der Waals surface area contributed by atoms with Crippen LogP contribution in [-0.2, 0) is 14.3 Å². The molecule has 2 aliphatic rings. The zero-order chi connectivity index (χ0) is 24.5. The Balaban J connectivity index is 1.35. The molecule has 0 aliphatic heterocycles. The molecule has 34 heavy (non-hydrogen) atoms. The number of rotatable bonds is 8. The van der Waals surface area contributed by atoms with E-state index in [4.69, 9.17) is 9.84 Å². The van der Waals surface area contributed by atoms with Gasteiger partial charge < -0.3 is 20.5 Å². The van der Waals surface area contributed by atoms with Crippen molar-refractivity contribution in [3.05, 3.63) is 59.7 Å². The number of hydrogen-bond donors (Lipinski definition) is 3. The largest absolute Gasteiger partial charge is 0.480 e. The molecule has 2 aliphatic carbocycles. The van der Waals surface area contributed by atoms with Crippen LogP contribution in [0.5, 0.6) is 0 Å². The van der Waals surface area contributed by atoms with Gasteiger partial charge >= 0.3 is 18.2 Å². The lowest BCUT2D eigenvalue weighted by Crippen LogP contribution is -2.47. The van der Waals surface area contributed by atoms with E-state index in [1.54, 1.807) is 5.32 Å². The van der Waals surface area contributed by atoms with Crippen LogP contribution in [-0.4, -0.2) is 47.4 Å². The van der Waals surface area contributed by atoms with Gasteiger partial charge in [0.05, 0.1) is 0 Å². The number of carboxylic acid groups (broad SMARTS) is 1. The van der Waals surface area contributed by atoms with Crippen molar-refractivity contribution in [1.82, 2.24) is 10.6 Å². The van der Waals surface area contributed by atoms with Gasteiger partial charge in [0.1, 0.15) is 18.2 Å². The molecule has 2 aromatic rings. The molecule has 2 amide bonds. The molecule has 0 unspecified atom stereocenters. The number of nitrogens with one attached hydrogen (secondary N) is 2. The number of alkyl halides is 3. The van der Waals surface area contributed by atoms with Gasteiger partial charge in [-0.2, -0.15) is 13.2 Å². The summed E-state index contributed by atoms with van der Waals surface area (Å²) >= 11 is 0. The lowest BCUT2D eigenvalue weighted by molar-refractivity contribution is -0.157. The molecule has 3 N–H and O–H groups in total. The van der Waals surface area contributed by atoms with Crippen molar-refractivity contribution in [3.63, 3.8) is 0 Å². The standard InChI is InChI=1S/C24H23F3N2O5/c25-24(26,27)19(9-10-20(30)29-23(11-12-23)21(31)32)28-22(33)34-13-18-16-7-3-1-5-14(16)15-6-2-4-8-17(15)18/h1-8,18-19H,9-13H2,(H,28,33)(H,29,30)(H,31,32)/t19-/m0/s1. The summed E-state index contributed by atoms with van der Waals surface area (Å²) in [5, 5.41) is 13.1. The Kier molecular flexibility index (Phi) is 6.24. The average Bonchev–Trinajstić information content (AvgIpc) is 3.50. The Hall–Kier alpha value is -3.56. The first-order chi connectivity index (χ1) is 16.1. The van der Waals surface area contributed by atoms with Crippen LogP contribution in [0.1, 0.15) is 42.7 Å². The quantitative estimate of drug-likeness (QED) is 0.535. The molecule has 0 aromatic heterocycles. The molecule has 1 fully saturated rings. The number of carboxylic acids is 1. The molecule has 10 heteroatoms. The van der Waals surface area contributed by atoms with E-state index in [0.717, 1.165) is 22.3 Å². The summed E-state index contributed by atoms with van der Waals surface area (Å²) in [5.74, 6) is -2.34. The predicted molar refractivity (Wildman–Crippen MR) is 115 cm³/mol. The van der Waals surface area contributed by atoms with E-state index in [1.807, 2.05) is 48.5 Å². The fourth-order valence-corrected chi connectivity index (χ4v) is 4.22. The van der Waals surface area contributed by atoms with Crippen molar-refractivity contribution < 1.29 is 37.4 Å². The zero-order valence-corrected chi connectivity index (χ0v) is 18.0. The summed E-state index contributed by atoms with van der Waals surface area (Å²) in [4.78, 5) is 35.3. The van der Waals surface area contributed by atoms with Gasteiger partial charge in [-0.05, 0) is 41.5 Å². The number of benzene rings is 2. The molecule has 1 saturated carbocycles. The summed E-state index contributed by atoms with van der Waals surface area (Å²) in [7, 11) is 0. The van der Waals surface area contributed by atoms with Gasteiger partial charge in [0, 0.05) is 12.3 Å². The van der Waals surface area contributed by atoms with Crippen LogP contribution in [0.3, 0.4) is 0 Å². The van der Waals surface area contributed by atoms with E-state index in [-0.39, 0.29) is 25.4 Å². The summed E-state index contributed by atoms with van der Waals surface area (Å²) in [6.07, 6.45) is -6.92. The molecule has 4 rings (SSSR count). The van der Waals surface area contributed by atoms with E-state index in [9.17, 15) is 27.6 Å². The summed E-state index contributed by atoms with van der Waals surface area (Å²) in [5.41, 5.74) is 2.44. The molecule has 0 saturated heterocycles. The number of hydrogen-bond acceptors (Lipinski definition) is 4. The van der Waals surface area contributed by atoms with Gasteiger partial charge in [0.2, 0.25) is 5.91 Å². The minimum atomic E-state index is -4.81. The monoisotopic (exact) mass is 476 g/mol. The molecule has 1 atom stereocenters. The SMILES string of the molecule is O=C(CC[C@H](NC(=O)OCC1c2ccccc2-c2ccccc21)C(F)(F)F)NC1(C(=O)O)CC1. The molecule has 2 aromatic carbocycles. The topological polar surface area (TPSA) is 105 Å². The van der Waals surface area contributed by atoms with Crippen LogP contribution in [0.25, 0.3) is 11.1 Å². The van der Waals surface area contributed by atoms with Crippen LogP contribution in [0.15, 0.2) is 48.5 Å². The fraction of sp³-hybridized carbons (Fsp3) is 0.375. The van der Waals surface area contributed by atoms with Crippen LogP contribution < -0.4 is 10.6 Å². The molecular weight excluding hydrogens is 453 g/mol. The highest BCUT2D eigenvalue weighted by Crippen LogP contribution is 2.44. The van der Waals surface area contributed by atoms with Crippen molar-refractivity contribution in [2.24, 2.45) is 0 Å². The van der Waals surface area contributed by atoms with E-state index in [0.29, 0.717) is 0 Å². The highest BCUT2D eigenvalue weighted by Gasteiger charge is 2.51. The van der Waals surface area contributed by atoms with Gasteiger partial charge in [0.25, 0.3) is 0 Å². The maximum atomic E-state index is 13.4. The van der Waals surface area contributed by atoms with E-state index in [1.165, 1.54) is 0 Å². The Morgan fingerprint density at radius 2 is 1.59 bits per heavy atom. The molecule has 0 spiro atoms.